The van der Waals surface area contributed by atoms with Gasteiger partial charge in [-0.25, -0.2) is 4.39 Å². The molecule has 0 heterocycles. The van der Waals surface area contributed by atoms with Crippen LogP contribution in [0.2, 0.25) is 0 Å². The van der Waals surface area contributed by atoms with Gasteiger partial charge < -0.3 is 15.4 Å². The van der Waals surface area contributed by atoms with Gasteiger partial charge in [-0.05, 0) is 35.7 Å². The second-order valence-corrected chi connectivity index (χ2v) is 5.48. The molecule has 0 atom stereocenters. The Bertz CT molecular complexity index is 762. The maximum Gasteiger partial charge on any atom is 0.243 e. The predicted octanol–water partition coefficient (Wildman–Crippen LogP) is 2.69. The van der Waals surface area contributed by atoms with Gasteiger partial charge in [0.15, 0.2) is 11.6 Å². The smallest absolute Gasteiger partial charge is 0.243 e. The van der Waals surface area contributed by atoms with Crippen LogP contribution < -0.4 is 15.4 Å². The third-order valence-corrected chi connectivity index (χ3v) is 3.70. The fraction of sp³-hybridized carbons (Fsp3) is 0.263. The molecule has 0 aliphatic carbocycles. The van der Waals surface area contributed by atoms with E-state index in [0.717, 1.165) is 17.7 Å². The third-order valence-electron chi connectivity index (χ3n) is 3.70. The molecule has 0 saturated heterocycles. The Labute approximate surface area is 146 Å². The first-order valence-electron chi connectivity index (χ1n) is 8.00. The first-order chi connectivity index (χ1) is 12.0. The zero-order chi connectivity index (χ0) is 18.2. The highest BCUT2D eigenvalue weighted by molar-refractivity contribution is 5.95. The van der Waals surface area contributed by atoms with Crippen molar-refractivity contribution in [3.05, 3.63) is 59.4 Å². The number of benzene rings is 2. The monoisotopic (exact) mass is 344 g/mol. The molecular weight excluding hydrogens is 323 g/mol. The number of hydrogen-bond acceptors (Lipinski definition) is 3. The largest absolute Gasteiger partial charge is 0.494 e. The van der Waals surface area contributed by atoms with E-state index in [1.165, 1.54) is 19.2 Å². The minimum atomic E-state index is -0.526. The Morgan fingerprint density at radius 3 is 2.56 bits per heavy atom. The lowest BCUT2D eigenvalue weighted by Gasteiger charge is -2.10. The molecule has 0 spiro atoms. The number of aryl methyl sites for hydroxylation is 1. The number of hydrogen-bond donors (Lipinski definition) is 2. The van der Waals surface area contributed by atoms with Crippen molar-refractivity contribution in [1.29, 1.82) is 0 Å². The summed E-state index contributed by atoms with van der Waals surface area (Å²) >= 11 is 0. The zero-order valence-electron chi connectivity index (χ0n) is 14.3. The van der Waals surface area contributed by atoms with Crippen LogP contribution in [0, 0.1) is 5.82 Å². The van der Waals surface area contributed by atoms with Gasteiger partial charge in [-0.1, -0.05) is 31.2 Å². The highest BCUT2D eigenvalue weighted by Crippen LogP contribution is 2.18. The van der Waals surface area contributed by atoms with Crippen LogP contribution in [-0.4, -0.2) is 25.5 Å². The molecule has 6 heteroatoms. The molecule has 0 aromatic heterocycles. The summed E-state index contributed by atoms with van der Waals surface area (Å²) in [5.41, 5.74) is 2.27. The number of ether oxygens (including phenoxy) is 1. The molecule has 0 aliphatic heterocycles. The van der Waals surface area contributed by atoms with E-state index in [0.29, 0.717) is 5.56 Å². The molecular formula is C19H21FN2O3. The van der Waals surface area contributed by atoms with E-state index in [-0.39, 0.29) is 30.5 Å². The van der Waals surface area contributed by atoms with Crippen molar-refractivity contribution in [3.8, 4) is 5.75 Å². The first-order valence-corrected chi connectivity index (χ1v) is 8.00. The van der Waals surface area contributed by atoms with Crippen molar-refractivity contribution in [1.82, 2.24) is 5.32 Å². The first kappa shape index (κ1) is 18.4. The van der Waals surface area contributed by atoms with E-state index in [1.807, 2.05) is 31.2 Å². The lowest BCUT2D eigenvalue weighted by molar-refractivity contribution is -0.123. The van der Waals surface area contributed by atoms with Crippen LogP contribution in [0.4, 0.5) is 10.1 Å². The third kappa shape index (κ3) is 5.31. The van der Waals surface area contributed by atoms with Gasteiger partial charge in [-0.3, -0.25) is 9.59 Å². The van der Waals surface area contributed by atoms with Crippen LogP contribution in [-0.2, 0) is 22.4 Å². The van der Waals surface area contributed by atoms with Gasteiger partial charge in [0.05, 0.1) is 20.1 Å². The van der Waals surface area contributed by atoms with E-state index in [2.05, 4.69) is 10.6 Å². The molecule has 2 N–H and O–H groups in total. The minimum Gasteiger partial charge on any atom is -0.494 e. The van der Waals surface area contributed by atoms with Gasteiger partial charge in [0.2, 0.25) is 11.8 Å². The van der Waals surface area contributed by atoms with E-state index in [4.69, 9.17) is 4.74 Å². The predicted molar refractivity (Wildman–Crippen MR) is 94.1 cm³/mol. The van der Waals surface area contributed by atoms with Crippen LogP contribution in [0.1, 0.15) is 18.1 Å². The number of amides is 2. The average molecular weight is 344 g/mol. The van der Waals surface area contributed by atoms with Crippen molar-refractivity contribution < 1.29 is 18.7 Å². The summed E-state index contributed by atoms with van der Waals surface area (Å²) in [5, 5.41) is 5.31. The molecule has 0 unspecified atom stereocenters. The lowest BCUT2D eigenvalue weighted by atomic mass is 10.1. The summed E-state index contributed by atoms with van der Waals surface area (Å²) in [7, 11) is 1.38. The summed E-state index contributed by atoms with van der Waals surface area (Å²) in [4.78, 5) is 23.9. The molecule has 0 bridgehead atoms. The summed E-state index contributed by atoms with van der Waals surface area (Å²) in [6.07, 6.45) is 0.783. The summed E-state index contributed by atoms with van der Waals surface area (Å²) in [6.45, 7) is 1.86. The fourth-order valence-electron chi connectivity index (χ4n) is 2.39. The second-order valence-electron chi connectivity index (χ2n) is 5.48. The molecule has 0 fully saturated rings. The number of carbonyl (C=O) groups is 2. The molecule has 25 heavy (non-hydrogen) atoms. The second kappa shape index (κ2) is 8.82. The van der Waals surface area contributed by atoms with Crippen LogP contribution in [0.3, 0.4) is 0 Å². The quantitative estimate of drug-likeness (QED) is 0.811. The molecule has 5 nitrogen and oxygen atoms in total. The topological polar surface area (TPSA) is 67.4 Å². The van der Waals surface area contributed by atoms with Crippen LogP contribution >= 0.6 is 0 Å². The van der Waals surface area contributed by atoms with E-state index in [9.17, 15) is 14.0 Å². The Kier molecular flexibility index (Phi) is 6.51. The lowest BCUT2D eigenvalue weighted by Crippen LogP contribution is -2.34. The van der Waals surface area contributed by atoms with Gasteiger partial charge in [-0.2, -0.15) is 0 Å². The maximum absolute atomic E-state index is 13.6. The van der Waals surface area contributed by atoms with Gasteiger partial charge in [0.1, 0.15) is 0 Å². The molecule has 0 saturated carbocycles. The molecule has 0 aliphatic rings. The standard InChI is InChI=1S/C19H21FN2O3/c1-3-14-6-4-5-7-16(14)22-19(24)12-21-18(23)11-13-8-9-17(25-2)15(20)10-13/h4-10H,3,11-12H2,1-2H3,(H,21,23)(H,22,24). The van der Waals surface area contributed by atoms with Crippen molar-refractivity contribution in [2.45, 2.75) is 19.8 Å². The Morgan fingerprint density at radius 2 is 1.88 bits per heavy atom. The number of nitrogens with one attached hydrogen (secondary N) is 2. The van der Waals surface area contributed by atoms with Crippen molar-refractivity contribution in [2.75, 3.05) is 19.0 Å². The number of carbonyl (C=O) groups excluding carboxylic acids is 2. The number of rotatable bonds is 7. The molecule has 2 aromatic carbocycles. The van der Waals surface area contributed by atoms with Gasteiger partial charge >= 0.3 is 0 Å². The maximum atomic E-state index is 13.6. The van der Waals surface area contributed by atoms with Crippen LogP contribution in [0.15, 0.2) is 42.5 Å². The van der Waals surface area contributed by atoms with E-state index >= 15 is 0 Å². The normalized spacial score (nSPS) is 10.2. The molecule has 0 radical (unpaired) electrons. The van der Waals surface area contributed by atoms with Crippen LogP contribution in [0.25, 0.3) is 0 Å². The summed E-state index contributed by atoms with van der Waals surface area (Å²) in [5.74, 6) is -1.07. The Balaban J connectivity index is 1.85. The summed E-state index contributed by atoms with van der Waals surface area (Å²) in [6, 6.07) is 11.8. The highest BCUT2D eigenvalue weighted by Gasteiger charge is 2.10. The molecule has 2 amide bonds. The van der Waals surface area contributed by atoms with Crippen molar-refractivity contribution >= 4 is 17.5 Å². The van der Waals surface area contributed by atoms with E-state index < -0.39 is 5.82 Å². The van der Waals surface area contributed by atoms with E-state index in [1.54, 1.807) is 6.07 Å². The Morgan fingerprint density at radius 1 is 1.12 bits per heavy atom. The number of anilines is 1. The minimum absolute atomic E-state index is 0.0141. The zero-order valence-corrected chi connectivity index (χ0v) is 14.3. The fourth-order valence-corrected chi connectivity index (χ4v) is 2.39. The SMILES string of the molecule is CCc1ccccc1NC(=O)CNC(=O)Cc1ccc(OC)c(F)c1. The van der Waals surface area contributed by atoms with Gasteiger partial charge in [0, 0.05) is 5.69 Å². The molecule has 132 valence electrons. The Hall–Kier alpha value is -2.89. The molecule has 2 rings (SSSR count). The van der Waals surface area contributed by atoms with Crippen molar-refractivity contribution in [3.63, 3.8) is 0 Å². The highest BCUT2D eigenvalue weighted by atomic mass is 19.1. The average Bonchev–Trinajstić information content (AvgIpc) is 2.60. The van der Waals surface area contributed by atoms with Gasteiger partial charge in [0.25, 0.3) is 0 Å². The summed E-state index contributed by atoms with van der Waals surface area (Å²) < 4.78 is 18.4. The van der Waals surface area contributed by atoms with Crippen molar-refractivity contribution in [2.24, 2.45) is 0 Å². The number of para-hydroxylation sites is 1. The molecule has 2 aromatic rings. The van der Waals surface area contributed by atoms with Crippen LogP contribution in [0.5, 0.6) is 5.75 Å². The van der Waals surface area contributed by atoms with Gasteiger partial charge in [-0.15, -0.1) is 0 Å². The number of methoxy groups -OCH3 is 1. The number of halogens is 1.